The topological polar surface area (TPSA) is 66.4 Å². The van der Waals surface area contributed by atoms with E-state index in [1.807, 2.05) is 61.5 Å². The average Bonchev–Trinajstić information content (AvgIpc) is 2.94. The van der Waals surface area contributed by atoms with Crippen molar-refractivity contribution in [3.05, 3.63) is 77.9 Å². The van der Waals surface area contributed by atoms with Crippen LogP contribution in [0.15, 0.2) is 66.7 Å². The summed E-state index contributed by atoms with van der Waals surface area (Å²) in [6, 6.07) is 17.9. The van der Waals surface area contributed by atoms with Gasteiger partial charge in [-0.15, -0.1) is 6.58 Å². The Kier molecular flexibility index (Phi) is 15.3. The second-order valence-electron chi connectivity index (χ2n) is 12.0. The van der Waals surface area contributed by atoms with E-state index in [1.54, 1.807) is 7.11 Å². The first-order chi connectivity index (χ1) is 19.5. The fraction of sp³-hybridized carbons (Fsp3) is 0.588. The lowest BCUT2D eigenvalue weighted by atomic mass is 10.1. The summed E-state index contributed by atoms with van der Waals surface area (Å²) in [6.45, 7) is 21.2. The van der Waals surface area contributed by atoms with Gasteiger partial charge in [-0.05, 0) is 53.2 Å². The predicted molar refractivity (Wildman–Crippen MR) is 170 cm³/mol. The van der Waals surface area contributed by atoms with E-state index in [2.05, 4.69) is 48.1 Å². The molecule has 0 spiro atoms. The zero-order valence-electron chi connectivity index (χ0n) is 26.6. The number of rotatable bonds is 20. The first-order valence-electron chi connectivity index (χ1n) is 14.9. The van der Waals surface area contributed by atoms with Crippen LogP contribution in [-0.4, -0.2) is 58.7 Å². The van der Waals surface area contributed by atoms with E-state index >= 15 is 0 Å². The van der Waals surface area contributed by atoms with Crippen LogP contribution in [0.1, 0.15) is 66.0 Å². The van der Waals surface area contributed by atoms with Crippen LogP contribution < -0.4 is 4.74 Å². The smallest absolute Gasteiger partial charge is 0.200 e. The lowest BCUT2D eigenvalue weighted by molar-refractivity contribution is -0.146. The van der Waals surface area contributed by atoms with Gasteiger partial charge in [0, 0.05) is 0 Å². The zero-order chi connectivity index (χ0) is 30.4. The summed E-state index contributed by atoms with van der Waals surface area (Å²) in [7, 11) is -0.511. The Bertz CT molecular complexity index is 970. The van der Waals surface area contributed by atoms with Crippen molar-refractivity contribution in [2.45, 2.75) is 103 Å². The molecule has 2 aromatic carbocycles. The lowest BCUT2D eigenvalue weighted by Crippen LogP contribution is -2.51. The van der Waals surface area contributed by atoms with Crippen LogP contribution in [0.5, 0.6) is 5.75 Å². The average molecular weight is 587 g/mol. The molecule has 41 heavy (non-hydrogen) atoms. The van der Waals surface area contributed by atoms with Crippen molar-refractivity contribution in [2.24, 2.45) is 0 Å². The van der Waals surface area contributed by atoms with Gasteiger partial charge < -0.3 is 28.5 Å². The van der Waals surface area contributed by atoms with Gasteiger partial charge in [-0.2, -0.15) is 0 Å². The van der Waals surface area contributed by atoms with Crippen LogP contribution in [0, 0.1) is 0 Å². The van der Waals surface area contributed by atoms with E-state index in [1.165, 1.54) is 0 Å². The van der Waals surface area contributed by atoms with Crippen molar-refractivity contribution in [1.82, 2.24) is 0 Å². The summed E-state index contributed by atoms with van der Waals surface area (Å²) in [5.74, 6) is 0.806. The second-order valence-corrected chi connectivity index (χ2v) is 17.4. The summed E-state index contributed by atoms with van der Waals surface area (Å²) in [5.41, 5.74) is 4.42. The monoisotopic (exact) mass is 586 g/mol. The van der Waals surface area contributed by atoms with E-state index in [0.29, 0.717) is 42.9 Å². The molecule has 0 saturated carbocycles. The molecule has 0 aromatic heterocycles. The Balaban J connectivity index is 2.27. The van der Waals surface area contributed by atoms with Crippen molar-refractivity contribution in [2.75, 3.05) is 26.9 Å². The summed E-state index contributed by atoms with van der Waals surface area (Å²) in [5, 5.41) is 10.3. The van der Waals surface area contributed by atoms with Crippen LogP contribution in [0.25, 0.3) is 0 Å². The summed E-state index contributed by atoms with van der Waals surface area (Å²) in [4.78, 5) is 0. The first-order valence-corrected chi connectivity index (χ1v) is 17.1. The molecule has 230 valence electrons. The molecule has 2 aromatic rings. The largest absolute Gasteiger partial charge is 0.497 e. The third-order valence-electron chi connectivity index (χ3n) is 7.78. The molecule has 7 heteroatoms. The third-order valence-corrected chi connectivity index (χ3v) is 13.9. The van der Waals surface area contributed by atoms with Gasteiger partial charge in [0.05, 0.1) is 46.2 Å². The highest BCUT2D eigenvalue weighted by atomic mass is 28.4. The Labute approximate surface area is 250 Å². The summed E-state index contributed by atoms with van der Waals surface area (Å²) < 4.78 is 31.4. The second kappa shape index (κ2) is 17.8. The number of ether oxygens (including phenoxy) is 4. The fourth-order valence-corrected chi connectivity index (χ4v) is 11.2. The molecule has 0 aliphatic rings. The first kappa shape index (κ1) is 35.2. The Morgan fingerprint density at radius 2 is 1.39 bits per heavy atom. The number of aliphatic hydroxyl groups is 1. The minimum Gasteiger partial charge on any atom is -0.497 e. The third kappa shape index (κ3) is 11.0. The molecular formula is C34H54O6Si. The van der Waals surface area contributed by atoms with Gasteiger partial charge in [0.25, 0.3) is 0 Å². The molecule has 0 amide bonds. The predicted octanol–water partition coefficient (Wildman–Crippen LogP) is 7.70. The molecular weight excluding hydrogens is 532 g/mol. The van der Waals surface area contributed by atoms with Crippen LogP contribution in [0.4, 0.5) is 0 Å². The van der Waals surface area contributed by atoms with Crippen molar-refractivity contribution in [3.8, 4) is 5.75 Å². The SMILES string of the molecule is C=C(C)C[C@H](OCc1ccc(OC)cc1)[C@@H](CO[Si](C(C)C)(C(C)C)C(C)C)O[C@H](CO)COCc1ccccc1. The maximum Gasteiger partial charge on any atom is 0.200 e. The van der Waals surface area contributed by atoms with Gasteiger partial charge in [0.1, 0.15) is 18.0 Å². The number of aliphatic hydroxyl groups excluding tert-OH is 1. The minimum atomic E-state index is -2.17. The van der Waals surface area contributed by atoms with E-state index in [9.17, 15) is 5.11 Å². The van der Waals surface area contributed by atoms with Gasteiger partial charge in [-0.1, -0.05) is 89.6 Å². The van der Waals surface area contributed by atoms with Gasteiger partial charge in [0.15, 0.2) is 8.32 Å². The highest BCUT2D eigenvalue weighted by Crippen LogP contribution is 2.42. The Hall–Kier alpha value is -2.00. The molecule has 0 heterocycles. The normalized spacial score (nSPS) is 14.4. The van der Waals surface area contributed by atoms with Crippen LogP contribution in [0.2, 0.25) is 16.6 Å². The van der Waals surface area contributed by atoms with E-state index in [-0.39, 0.29) is 19.3 Å². The highest BCUT2D eigenvalue weighted by Gasteiger charge is 2.46. The van der Waals surface area contributed by atoms with Gasteiger partial charge in [-0.25, -0.2) is 0 Å². The molecule has 6 nitrogen and oxygen atoms in total. The highest BCUT2D eigenvalue weighted by molar-refractivity contribution is 6.77. The molecule has 0 radical (unpaired) electrons. The van der Waals surface area contributed by atoms with Crippen molar-refractivity contribution in [3.63, 3.8) is 0 Å². The fourth-order valence-electron chi connectivity index (χ4n) is 5.79. The van der Waals surface area contributed by atoms with Crippen molar-refractivity contribution in [1.29, 1.82) is 0 Å². The number of methoxy groups -OCH3 is 1. The van der Waals surface area contributed by atoms with E-state index < -0.39 is 20.5 Å². The standard InChI is InChI=1S/C34H54O6Si/c1-25(2)19-33(38-22-30-15-17-31(36-9)18-16-30)34(24-39-41(26(3)4,27(5)6)28(7)8)40-32(20-35)23-37-21-29-13-11-10-12-14-29/h10-18,26-28,32-35H,1,19-24H2,2-9H3/t32-,33+,34-/m1/s1. The molecule has 0 unspecified atom stereocenters. The van der Waals surface area contributed by atoms with Gasteiger partial charge in [-0.3, -0.25) is 0 Å². The molecule has 0 aliphatic heterocycles. The molecule has 0 saturated heterocycles. The summed E-state index contributed by atoms with van der Waals surface area (Å²) in [6.07, 6.45) is -0.619. The maximum atomic E-state index is 10.3. The van der Waals surface area contributed by atoms with Gasteiger partial charge in [0.2, 0.25) is 0 Å². The molecule has 0 aliphatic carbocycles. The summed E-state index contributed by atoms with van der Waals surface area (Å²) >= 11 is 0. The molecule has 3 atom stereocenters. The van der Waals surface area contributed by atoms with Crippen LogP contribution in [0.3, 0.4) is 0 Å². The molecule has 0 fully saturated rings. The molecule has 0 bridgehead atoms. The Morgan fingerprint density at radius 1 is 0.805 bits per heavy atom. The molecule has 1 N–H and O–H groups in total. The lowest BCUT2D eigenvalue weighted by Gasteiger charge is -2.43. The van der Waals surface area contributed by atoms with E-state index in [4.69, 9.17) is 23.4 Å². The maximum absolute atomic E-state index is 10.3. The van der Waals surface area contributed by atoms with Crippen molar-refractivity contribution >= 4 is 8.32 Å². The van der Waals surface area contributed by atoms with Crippen molar-refractivity contribution < 1.29 is 28.5 Å². The number of hydrogen-bond donors (Lipinski definition) is 1. The minimum absolute atomic E-state index is 0.162. The Morgan fingerprint density at radius 3 is 1.90 bits per heavy atom. The van der Waals surface area contributed by atoms with Gasteiger partial charge >= 0.3 is 0 Å². The quantitative estimate of drug-likeness (QED) is 0.127. The number of benzene rings is 2. The zero-order valence-corrected chi connectivity index (χ0v) is 27.6. The van der Waals surface area contributed by atoms with E-state index in [0.717, 1.165) is 22.4 Å². The molecule has 2 rings (SSSR count). The van der Waals surface area contributed by atoms with Crippen LogP contribution in [-0.2, 0) is 31.9 Å². The van der Waals surface area contributed by atoms with Crippen LogP contribution >= 0.6 is 0 Å². The number of hydrogen-bond acceptors (Lipinski definition) is 6.